The number of fused-ring (bicyclic) bond motifs is 1. The second-order valence-electron chi connectivity index (χ2n) is 5.41. The third-order valence-electron chi connectivity index (χ3n) is 3.97. The van der Waals surface area contributed by atoms with Crippen molar-refractivity contribution in [1.29, 1.82) is 0 Å². The minimum atomic E-state index is -1.37. The van der Waals surface area contributed by atoms with Gasteiger partial charge in [-0.2, -0.15) is 0 Å². The van der Waals surface area contributed by atoms with Crippen LogP contribution in [0.5, 0.6) is 0 Å². The quantitative estimate of drug-likeness (QED) is 0.411. The number of carbonyl (C=O) groups excluding carboxylic acids is 1. The molecule has 3 aliphatic rings. The Kier molecular flexibility index (Phi) is 4.71. The number of hydrogen-bond acceptors (Lipinski definition) is 10. The third kappa shape index (κ3) is 3.01. The Morgan fingerprint density at radius 2 is 1.74 bits per heavy atom. The normalized spacial score (nSPS) is 45.8. The predicted molar refractivity (Wildman–Crippen MR) is 68.9 cm³/mol. The van der Waals surface area contributed by atoms with Gasteiger partial charge in [-0.15, -0.1) is 0 Å². The van der Waals surface area contributed by atoms with Gasteiger partial charge in [0.15, 0.2) is 18.5 Å². The lowest BCUT2D eigenvalue weighted by Crippen LogP contribution is -2.59. The summed E-state index contributed by atoms with van der Waals surface area (Å²) >= 11 is 0. The van der Waals surface area contributed by atoms with Gasteiger partial charge >= 0.3 is 6.16 Å². The summed E-state index contributed by atoms with van der Waals surface area (Å²) in [5.74, 6) is 0. The van der Waals surface area contributed by atoms with Crippen LogP contribution in [0.3, 0.4) is 0 Å². The first-order valence-corrected chi connectivity index (χ1v) is 7.13. The largest absolute Gasteiger partial charge is 0.509 e. The van der Waals surface area contributed by atoms with Gasteiger partial charge in [0.05, 0.1) is 19.5 Å². The van der Waals surface area contributed by atoms with Crippen LogP contribution in [0, 0.1) is 0 Å². The molecule has 0 radical (unpaired) electrons. The van der Waals surface area contributed by atoms with Gasteiger partial charge in [-0.1, -0.05) is 0 Å². The Labute approximate surface area is 130 Å². The highest BCUT2D eigenvalue weighted by molar-refractivity contribution is 5.63. The second kappa shape index (κ2) is 6.59. The Bertz CT molecular complexity index is 468. The summed E-state index contributed by atoms with van der Waals surface area (Å²) in [5, 5.41) is 38.7. The fourth-order valence-electron chi connectivity index (χ4n) is 2.74. The van der Waals surface area contributed by atoms with E-state index in [1.165, 1.54) is 12.3 Å². The molecule has 130 valence electrons. The average molecular weight is 334 g/mol. The third-order valence-corrected chi connectivity index (χ3v) is 3.97. The molecule has 0 saturated carbocycles. The Morgan fingerprint density at radius 1 is 1.04 bits per heavy atom. The van der Waals surface area contributed by atoms with Crippen molar-refractivity contribution in [3.63, 3.8) is 0 Å². The van der Waals surface area contributed by atoms with Gasteiger partial charge < -0.3 is 44.1 Å². The number of carbonyl (C=O) groups is 1. The molecule has 0 aromatic rings. The molecule has 3 unspecified atom stereocenters. The van der Waals surface area contributed by atoms with Gasteiger partial charge in [0.2, 0.25) is 0 Å². The maximum atomic E-state index is 11.2. The van der Waals surface area contributed by atoms with Gasteiger partial charge in [0, 0.05) is 0 Å². The van der Waals surface area contributed by atoms with Crippen molar-refractivity contribution in [3.8, 4) is 0 Å². The maximum Gasteiger partial charge on any atom is 0.509 e. The van der Waals surface area contributed by atoms with E-state index in [1.807, 2.05) is 0 Å². The molecular formula is C13H18O10. The molecule has 10 nitrogen and oxygen atoms in total. The van der Waals surface area contributed by atoms with Crippen molar-refractivity contribution in [1.82, 2.24) is 0 Å². The second-order valence-corrected chi connectivity index (χ2v) is 5.41. The molecule has 8 atom stereocenters. The van der Waals surface area contributed by atoms with E-state index in [9.17, 15) is 20.1 Å². The minimum absolute atomic E-state index is 0.422. The summed E-state index contributed by atoms with van der Waals surface area (Å²) in [6.45, 7) is -0.898. The number of aliphatic hydroxyl groups is 4. The molecule has 0 aromatic carbocycles. The lowest BCUT2D eigenvalue weighted by molar-refractivity contribution is -0.300. The van der Waals surface area contributed by atoms with Crippen LogP contribution in [-0.2, 0) is 23.7 Å². The van der Waals surface area contributed by atoms with Crippen LogP contribution in [0.15, 0.2) is 12.3 Å². The molecule has 2 fully saturated rings. The van der Waals surface area contributed by atoms with E-state index >= 15 is 0 Å². The van der Waals surface area contributed by atoms with Crippen molar-refractivity contribution in [2.75, 3.05) is 13.2 Å². The molecule has 4 N–H and O–H groups in total. The van der Waals surface area contributed by atoms with Crippen molar-refractivity contribution < 1.29 is 48.9 Å². The lowest BCUT2D eigenvalue weighted by Gasteiger charge is -2.40. The molecule has 2 saturated heterocycles. The topological polar surface area (TPSA) is 144 Å². The Balaban J connectivity index is 1.71. The van der Waals surface area contributed by atoms with Crippen LogP contribution in [0.4, 0.5) is 4.79 Å². The summed E-state index contributed by atoms with van der Waals surface area (Å²) in [6.07, 6.45) is -6.86. The molecular weight excluding hydrogens is 316 g/mol. The molecule has 0 aliphatic carbocycles. The first-order valence-electron chi connectivity index (χ1n) is 7.13. The van der Waals surface area contributed by atoms with E-state index in [2.05, 4.69) is 0 Å². The highest BCUT2D eigenvalue weighted by Crippen LogP contribution is 2.32. The van der Waals surface area contributed by atoms with Crippen molar-refractivity contribution >= 4 is 6.16 Å². The molecule has 0 bridgehead atoms. The summed E-state index contributed by atoms with van der Waals surface area (Å²) in [5.41, 5.74) is 0. The first-order chi connectivity index (χ1) is 11.0. The monoisotopic (exact) mass is 334 g/mol. The van der Waals surface area contributed by atoms with E-state index in [-0.39, 0.29) is 0 Å². The number of rotatable bonds is 4. The van der Waals surface area contributed by atoms with Crippen molar-refractivity contribution in [3.05, 3.63) is 12.3 Å². The lowest BCUT2D eigenvalue weighted by atomic mass is 9.99. The average Bonchev–Trinajstić information content (AvgIpc) is 2.94. The SMILES string of the molecule is O=C1O[C@@H]2C(O)[C@H](O[C@@H]3C=COC(CO)[C@@H]3O)OC(CO)[C@@H]2O1. The Morgan fingerprint density at radius 3 is 2.43 bits per heavy atom. The highest BCUT2D eigenvalue weighted by Gasteiger charge is 2.54. The summed E-state index contributed by atoms with van der Waals surface area (Å²) in [7, 11) is 0. The van der Waals surface area contributed by atoms with E-state index in [0.717, 1.165) is 0 Å². The summed E-state index contributed by atoms with van der Waals surface area (Å²) < 4.78 is 25.7. The van der Waals surface area contributed by atoms with E-state index in [0.29, 0.717) is 0 Å². The molecule has 0 aromatic heterocycles. The van der Waals surface area contributed by atoms with Crippen molar-refractivity contribution in [2.45, 2.75) is 49.0 Å². The molecule has 0 spiro atoms. The van der Waals surface area contributed by atoms with Crippen LogP contribution in [0.25, 0.3) is 0 Å². The zero-order valence-corrected chi connectivity index (χ0v) is 11.9. The van der Waals surface area contributed by atoms with Crippen LogP contribution in [0.2, 0.25) is 0 Å². The minimum Gasteiger partial charge on any atom is -0.493 e. The number of ether oxygens (including phenoxy) is 5. The van der Waals surface area contributed by atoms with Crippen LogP contribution < -0.4 is 0 Å². The first kappa shape index (κ1) is 16.4. The van der Waals surface area contributed by atoms with Crippen LogP contribution >= 0.6 is 0 Å². The van der Waals surface area contributed by atoms with Crippen molar-refractivity contribution in [2.24, 2.45) is 0 Å². The fourth-order valence-corrected chi connectivity index (χ4v) is 2.74. The zero-order valence-electron chi connectivity index (χ0n) is 11.9. The Hall–Kier alpha value is -1.43. The van der Waals surface area contributed by atoms with E-state index < -0.39 is 68.4 Å². The zero-order chi connectivity index (χ0) is 16.6. The van der Waals surface area contributed by atoms with Gasteiger partial charge in [-0.3, -0.25) is 0 Å². The predicted octanol–water partition coefficient (Wildman–Crippen LogP) is -2.38. The number of hydrogen-bond donors (Lipinski definition) is 4. The van der Waals surface area contributed by atoms with Gasteiger partial charge in [0.1, 0.15) is 30.5 Å². The molecule has 3 rings (SSSR count). The standard InChI is InChI=1S/C13H18O10/c14-3-6-8(16)5(1-2-19-6)20-12-9(17)11-10(7(4-15)21-12)22-13(18)23-11/h1-2,5-12,14-17H,3-4H2/t5-,6?,7?,8-,9?,10+,11-,12-/m1/s1. The van der Waals surface area contributed by atoms with Crippen LogP contribution in [0.1, 0.15) is 0 Å². The molecule has 10 heteroatoms. The van der Waals surface area contributed by atoms with Crippen LogP contribution in [-0.4, -0.2) is 88.8 Å². The molecule has 3 heterocycles. The summed E-state index contributed by atoms with van der Waals surface area (Å²) in [6, 6.07) is 0. The molecule has 23 heavy (non-hydrogen) atoms. The molecule has 3 aliphatic heterocycles. The smallest absolute Gasteiger partial charge is 0.493 e. The number of aliphatic hydroxyl groups excluding tert-OH is 4. The fraction of sp³-hybridized carbons (Fsp3) is 0.769. The summed E-state index contributed by atoms with van der Waals surface area (Å²) in [4.78, 5) is 11.2. The van der Waals surface area contributed by atoms with Gasteiger partial charge in [-0.25, -0.2) is 4.79 Å². The molecule has 0 amide bonds. The highest BCUT2D eigenvalue weighted by atomic mass is 16.8. The van der Waals surface area contributed by atoms with Gasteiger partial charge in [0.25, 0.3) is 0 Å². The van der Waals surface area contributed by atoms with Gasteiger partial charge in [-0.05, 0) is 6.08 Å². The van der Waals surface area contributed by atoms with E-state index in [4.69, 9.17) is 28.8 Å². The maximum absolute atomic E-state index is 11.2. The van der Waals surface area contributed by atoms with E-state index in [1.54, 1.807) is 0 Å².